The molecular formula is C9H20N2O2. The van der Waals surface area contributed by atoms with Crippen molar-refractivity contribution in [2.24, 2.45) is 0 Å². The third-order valence-electron chi connectivity index (χ3n) is 1.45. The van der Waals surface area contributed by atoms with Gasteiger partial charge in [0.1, 0.15) is 6.04 Å². The lowest BCUT2D eigenvalue weighted by Gasteiger charge is -2.24. The first-order valence-corrected chi connectivity index (χ1v) is 4.57. The van der Waals surface area contributed by atoms with Gasteiger partial charge in [0.25, 0.3) is 0 Å². The summed E-state index contributed by atoms with van der Waals surface area (Å²) in [6.07, 6.45) is 0. The maximum atomic E-state index is 11.4. The Balaban J connectivity index is 4.06. The largest absolute Gasteiger partial charge is 0.394 e. The van der Waals surface area contributed by atoms with E-state index in [1.165, 1.54) is 0 Å². The maximum Gasteiger partial charge on any atom is 0.239 e. The second-order valence-electron chi connectivity index (χ2n) is 4.03. The van der Waals surface area contributed by atoms with Crippen LogP contribution in [0, 0.1) is 0 Å². The molecule has 0 aromatic heterocycles. The Labute approximate surface area is 79.7 Å². The molecule has 0 unspecified atom stereocenters. The third-order valence-corrected chi connectivity index (χ3v) is 1.45. The van der Waals surface area contributed by atoms with E-state index in [1.807, 2.05) is 27.7 Å². The zero-order valence-electron chi connectivity index (χ0n) is 8.85. The zero-order valence-corrected chi connectivity index (χ0v) is 8.85. The molecule has 0 rings (SSSR count). The lowest BCUT2D eigenvalue weighted by atomic mass is 10.1. The first-order chi connectivity index (χ1) is 5.90. The van der Waals surface area contributed by atoms with Crippen LogP contribution in [-0.4, -0.2) is 35.7 Å². The average molecular weight is 188 g/mol. The summed E-state index contributed by atoms with van der Waals surface area (Å²) in [5.74, 6) is -0.156. The molecular weight excluding hydrogens is 168 g/mol. The number of rotatable bonds is 4. The van der Waals surface area contributed by atoms with E-state index in [4.69, 9.17) is 5.11 Å². The van der Waals surface area contributed by atoms with Crippen LogP contribution in [0.15, 0.2) is 0 Å². The number of hydrogen-bond acceptors (Lipinski definition) is 3. The van der Waals surface area contributed by atoms with E-state index in [9.17, 15) is 4.79 Å². The van der Waals surface area contributed by atoms with Crippen molar-refractivity contribution in [3.8, 4) is 0 Å². The van der Waals surface area contributed by atoms with E-state index in [1.54, 1.807) is 0 Å². The van der Waals surface area contributed by atoms with Gasteiger partial charge in [-0.05, 0) is 27.3 Å². The van der Waals surface area contributed by atoms with E-state index >= 15 is 0 Å². The van der Waals surface area contributed by atoms with Crippen molar-refractivity contribution in [1.29, 1.82) is 0 Å². The number of carbonyl (C=O) groups is 1. The van der Waals surface area contributed by atoms with Gasteiger partial charge in [-0.3, -0.25) is 4.79 Å². The minimum atomic E-state index is -0.496. The maximum absolute atomic E-state index is 11.4. The molecule has 0 heterocycles. The van der Waals surface area contributed by atoms with Crippen molar-refractivity contribution in [2.75, 3.05) is 13.2 Å². The van der Waals surface area contributed by atoms with Crippen LogP contribution in [0.25, 0.3) is 0 Å². The first-order valence-electron chi connectivity index (χ1n) is 4.57. The van der Waals surface area contributed by atoms with Crippen LogP contribution >= 0.6 is 0 Å². The lowest BCUT2D eigenvalue weighted by molar-refractivity contribution is -0.125. The van der Waals surface area contributed by atoms with Gasteiger partial charge in [-0.2, -0.15) is 0 Å². The number of amides is 1. The molecule has 1 amide bonds. The fourth-order valence-electron chi connectivity index (χ4n) is 0.943. The van der Waals surface area contributed by atoms with Crippen molar-refractivity contribution < 1.29 is 9.90 Å². The fraction of sp³-hybridized carbons (Fsp3) is 0.889. The van der Waals surface area contributed by atoms with Crippen molar-refractivity contribution in [1.82, 2.24) is 10.6 Å². The topological polar surface area (TPSA) is 61.4 Å². The molecule has 13 heavy (non-hydrogen) atoms. The van der Waals surface area contributed by atoms with Crippen molar-refractivity contribution in [2.45, 2.75) is 39.3 Å². The molecule has 0 fully saturated rings. The van der Waals surface area contributed by atoms with Crippen molar-refractivity contribution >= 4 is 5.91 Å². The summed E-state index contributed by atoms with van der Waals surface area (Å²) in [6.45, 7) is 8.12. The molecule has 78 valence electrons. The van der Waals surface area contributed by atoms with E-state index < -0.39 is 6.04 Å². The second kappa shape index (κ2) is 5.19. The summed E-state index contributed by atoms with van der Waals surface area (Å²) < 4.78 is 0. The van der Waals surface area contributed by atoms with Gasteiger partial charge in [-0.25, -0.2) is 0 Å². The quantitative estimate of drug-likeness (QED) is 0.576. The fourth-order valence-corrected chi connectivity index (χ4v) is 0.943. The average Bonchev–Trinajstić information content (AvgIpc) is 1.96. The van der Waals surface area contributed by atoms with Crippen LogP contribution in [0.2, 0.25) is 0 Å². The predicted octanol–water partition coefficient (Wildman–Crippen LogP) is -0.128. The van der Waals surface area contributed by atoms with Gasteiger partial charge < -0.3 is 15.7 Å². The standard InChI is InChI=1S/C9H20N2O2/c1-5-10-7(6-12)8(13)11-9(2,3)4/h7,10,12H,5-6H2,1-4H3,(H,11,13)/t7-/m0/s1. The normalized spacial score (nSPS) is 13.9. The summed E-state index contributed by atoms with van der Waals surface area (Å²) in [6, 6.07) is -0.496. The molecule has 0 aromatic rings. The Kier molecular flexibility index (Phi) is 4.95. The first kappa shape index (κ1) is 12.4. The summed E-state index contributed by atoms with van der Waals surface area (Å²) in [5, 5.41) is 14.6. The molecule has 1 atom stereocenters. The van der Waals surface area contributed by atoms with Crippen LogP contribution in [-0.2, 0) is 4.79 Å². The van der Waals surface area contributed by atoms with Crippen molar-refractivity contribution in [3.05, 3.63) is 0 Å². The summed E-state index contributed by atoms with van der Waals surface area (Å²) in [7, 11) is 0. The lowest BCUT2D eigenvalue weighted by Crippen LogP contribution is -2.52. The molecule has 0 radical (unpaired) electrons. The number of likely N-dealkylation sites (N-methyl/N-ethyl adjacent to an activating group) is 1. The third kappa shape index (κ3) is 5.60. The Morgan fingerprint density at radius 3 is 2.31 bits per heavy atom. The van der Waals surface area contributed by atoms with Crippen molar-refractivity contribution in [3.63, 3.8) is 0 Å². The molecule has 0 aliphatic carbocycles. The van der Waals surface area contributed by atoms with Gasteiger partial charge in [0.2, 0.25) is 5.91 Å². The highest BCUT2D eigenvalue weighted by Crippen LogP contribution is 1.99. The van der Waals surface area contributed by atoms with Gasteiger partial charge in [-0.15, -0.1) is 0 Å². The molecule has 0 aliphatic rings. The molecule has 0 saturated carbocycles. The SMILES string of the molecule is CCN[C@@H](CO)C(=O)NC(C)(C)C. The van der Waals surface area contributed by atoms with E-state index in [2.05, 4.69) is 10.6 Å². The van der Waals surface area contributed by atoms with Gasteiger partial charge in [0.05, 0.1) is 6.61 Å². The Hall–Kier alpha value is -0.610. The highest BCUT2D eigenvalue weighted by molar-refractivity contribution is 5.82. The van der Waals surface area contributed by atoms with E-state index in [-0.39, 0.29) is 18.1 Å². The van der Waals surface area contributed by atoms with Gasteiger partial charge in [0.15, 0.2) is 0 Å². The molecule has 0 aromatic carbocycles. The highest BCUT2D eigenvalue weighted by Gasteiger charge is 2.20. The van der Waals surface area contributed by atoms with E-state index in [0.717, 1.165) is 0 Å². The van der Waals surface area contributed by atoms with Gasteiger partial charge >= 0.3 is 0 Å². The van der Waals surface area contributed by atoms with Crippen LogP contribution in [0.4, 0.5) is 0 Å². The van der Waals surface area contributed by atoms with Crippen LogP contribution in [0.1, 0.15) is 27.7 Å². The second-order valence-corrected chi connectivity index (χ2v) is 4.03. The van der Waals surface area contributed by atoms with Gasteiger partial charge in [0, 0.05) is 5.54 Å². The number of nitrogens with one attached hydrogen (secondary N) is 2. The van der Waals surface area contributed by atoms with Gasteiger partial charge in [-0.1, -0.05) is 6.92 Å². The van der Waals surface area contributed by atoms with Crippen LogP contribution < -0.4 is 10.6 Å². The molecule has 3 N–H and O–H groups in total. The minimum absolute atomic E-state index is 0.156. The Morgan fingerprint density at radius 1 is 1.46 bits per heavy atom. The summed E-state index contributed by atoms with van der Waals surface area (Å²) >= 11 is 0. The number of hydrogen-bond donors (Lipinski definition) is 3. The monoisotopic (exact) mass is 188 g/mol. The highest BCUT2D eigenvalue weighted by atomic mass is 16.3. The molecule has 4 heteroatoms. The smallest absolute Gasteiger partial charge is 0.239 e. The van der Waals surface area contributed by atoms with E-state index in [0.29, 0.717) is 6.54 Å². The summed E-state index contributed by atoms with van der Waals surface area (Å²) in [5.41, 5.74) is -0.250. The number of carbonyl (C=O) groups excluding carboxylic acids is 1. The molecule has 0 spiro atoms. The Morgan fingerprint density at radius 2 is 2.00 bits per heavy atom. The zero-order chi connectivity index (χ0) is 10.5. The predicted molar refractivity (Wildman–Crippen MR) is 52.4 cm³/mol. The summed E-state index contributed by atoms with van der Waals surface area (Å²) in [4.78, 5) is 11.4. The minimum Gasteiger partial charge on any atom is -0.394 e. The number of aliphatic hydroxyl groups is 1. The molecule has 0 bridgehead atoms. The van der Waals surface area contributed by atoms with Crippen LogP contribution in [0.3, 0.4) is 0 Å². The molecule has 4 nitrogen and oxygen atoms in total. The number of aliphatic hydroxyl groups excluding tert-OH is 1. The molecule has 0 aliphatic heterocycles. The molecule has 0 saturated heterocycles. The Bertz CT molecular complexity index is 163. The van der Waals surface area contributed by atoms with Crippen LogP contribution in [0.5, 0.6) is 0 Å².